The van der Waals surface area contributed by atoms with Crippen molar-refractivity contribution in [1.29, 1.82) is 0 Å². The van der Waals surface area contributed by atoms with Crippen molar-refractivity contribution < 1.29 is 19.0 Å². The van der Waals surface area contributed by atoms with Gasteiger partial charge in [0.2, 0.25) is 5.75 Å². The zero-order valence-electron chi connectivity index (χ0n) is 20.3. The van der Waals surface area contributed by atoms with E-state index < -0.39 is 5.91 Å². The number of carbonyl (C=O) groups excluding carboxylic acids is 1. The number of methoxy groups -OCH3 is 3. The van der Waals surface area contributed by atoms with E-state index in [4.69, 9.17) is 29.9 Å². The molecule has 0 bridgehead atoms. The van der Waals surface area contributed by atoms with Crippen molar-refractivity contribution in [3.63, 3.8) is 0 Å². The number of amides is 1. The molecule has 1 amide bonds. The summed E-state index contributed by atoms with van der Waals surface area (Å²) < 4.78 is 18.2. The highest BCUT2D eigenvalue weighted by Gasteiger charge is 2.26. The molecule has 9 heteroatoms. The molecule has 2 heterocycles. The highest BCUT2D eigenvalue weighted by Crippen LogP contribution is 2.41. The molecule has 9 nitrogen and oxygen atoms in total. The molecule has 5 rings (SSSR count). The summed E-state index contributed by atoms with van der Waals surface area (Å²) in [6, 6.07) is 18.5. The van der Waals surface area contributed by atoms with Crippen LogP contribution in [0.5, 0.6) is 17.2 Å². The number of aromatic nitrogens is 3. The summed E-state index contributed by atoms with van der Waals surface area (Å²) in [5.74, 6) is 1.10. The van der Waals surface area contributed by atoms with Gasteiger partial charge in [-0.1, -0.05) is 29.8 Å². The van der Waals surface area contributed by atoms with E-state index in [2.05, 4.69) is 5.32 Å². The van der Waals surface area contributed by atoms with E-state index >= 15 is 0 Å². The van der Waals surface area contributed by atoms with Gasteiger partial charge in [-0.15, -0.1) is 0 Å². The first-order chi connectivity index (χ1) is 17.4. The Morgan fingerprint density at radius 3 is 2.08 bits per heavy atom. The van der Waals surface area contributed by atoms with Crippen LogP contribution in [0, 0.1) is 6.92 Å². The number of hydrogen-bond donors (Lipinski definition) is 2. The lowest BCUT2D eigenvalue weighted by Gasteiger charge is -2.16. The minimum atomic E-state index is -0.392. The van der Waals surface area contributed by atoms with Crippen LogP contribution in [0.4, 0.5) is 11.5 Å². The normalized spacial score (nSPS) is 11.0. The Labute approximate surface area is 207 Å². The number of hydrogen-bond acceptors (Lipinski definition) is 7. The molecule has 2 aromatic heterocycles. The van der Waals surface area contributed by atoms with Gasteiger partial charge < -0.3 is 25.3 Å². The third-order valence-corrected chi connectivity index (χ3v) is 5.94. The number of rotatable bonds is 6. The van der Waals surface area contributed by atoms with Crippen LogP contribution in [-0.4, -0.2) is 41.8 Å². The van der Waals surface area contributed by atoms with Gasteiger partial charge >= 0.3 is 0 Å². The Morgan fingerprint density at radius 1 is 0.889 bits per heavy atom. The second kappa shape index (κ2) is 9.10. The molecule has 0 radical (unpaired) electrons. The number of nitrogen functional groups attached to an aromatic ring is 1. The Bertz CT molecular complexity index is 1580. The number of aryl methyl sites for hydroxylation is 1. The monoisotopic (exact) mass is 483 g/mol. The predicted molar refractivity (Wildman–Crippen MR) is 140 cm³/mol. The Kier molecular flexibility index (Phi) is 5.81. The third-order valence-electron chi connectivity index (χ3n) is 5.94. The number of nitrogens with two attached hydrogens (primary N) is 1. The topological polar surface area (TPSA) is 114 Å². The molecule has 5 aromatic rings. The molecule has 0 saturated carbocycles. The van der Waals surface area contributed by atoms with Crippen molar-refractivity contribution >= 4 is 39.6 Å². The van der Waals surface area contributed by atoms with Crippen LogP contribution >= 0.6 is 0 Å². The Morgan fingerprint density at radius 2 is 1.50 bits per heavy atom. The van der Waals surface area contributed by atoms with E-state index in [0.29, 0.717) is 50.8 Å². The fraction of sp³-hybridized carbons (Fsp3) is 0.148. The third kappa shape index (κ3) is 3.80. The lowest BCUT2D eigenvalue weighted by molar-refractivity contribution is 0.102. The smallest absolute Gasteiger partial charge is 0.261 e. The minimum Gasteiger partial charge on any atom is -0.493 e. The van der Waals surface area contributed by atoms with Gasteiger partial charge in [0.05, 0.1) is 38.1 Å². The van der Waals surface area contributed by atoms with E-state index in [9.17, 15) is 4.79 Å². The zero-order chi connectivity index (χ0) is 25.4. The fourth-order valence-corrected chi connectivity index (χ4v) is 4.17. The number of nitrogens with one attached hydrogen (secondary N) is 1. The molecular formula is C27H25N5O4. The lowest BCUT2D eigenvalue weighted by Crippen LogP contribution is -2.14. The molecule has 182 valence electrons. The number of anilines is 2. The van der Waals surface area contributed by atoms with Gasteiger partial charge in [0.1, 0.15) is 16.9 Å². The number of para-hydroxylation sites is 2. The average molecular weight is 484 g/mol. The van der Waals surface area contributed by atoms with Gasteiger partial charge in [-0.25, -0.2) is 9.97 Å². The van der Waals surface area contributed by atoms with Gasteiger partial charge in [-0.2, -0.15) is 0 Å². The average Bonchev–Trinajstić information content (AvgIpc) is 3.18. The summed E-state index contributed by atoms with van der Waals surface area (Å²) in [7, 11) is 4.60. The standard InChI is InChI=1S/C27H25N5O4/c1-15-9-11-16(12-10-15)29-27(33)22-23-26(31-19-8-6-5-7-18(19)30-23)32(25(22)28)17-13-20(34-2)24(36-4)21(14-17)35-3/h5-14H,28H2,1-4H3,(H,29,33). The summed E-state index contributed by atoms with van der Waals surface area (Å²) in [6.45, 7) is 1.98. The van der Waals surface area contributed by atoms with Crippen molar-refractivity contribution in [3.8, 4) is 22.9 Å². The van der Waals surface area contributed by atoms with Crippen molar-refractivity contribution in [2.45, 2.75) is 6.92 Å². The fourth-order valence-electron chi connectivity index (χ4n) is 4.17. The first-order valence-corrected chi connectivity index (χ1v) is 11.2. The zero-order valence-corrected chi connectivity index (χ0v) is 20.3. The molecule has 0 aliphatic carbocycles. The SMILES string of the molecule is COc1cc(-n2c(N)c(C(=O)Nc3ccc(C)cc3)c3nc4ccccc4nc32)cc(OC)c1OC. The van der Waals surface area contributed by atoms with Crippen LogP contribution in [0.15, 0.2) is 60.7 Å². The van der Waals surface area contributed by atoms with Crippen molar-refractivity contribution in [2.75, 3.05) is 32.4 Å². The molecule has 3 N–H and O–H groups in total. The predicted octanol–water partition coefficient (Wildman–Crippen LogP) is 4.74. The molecule has 0 atom stereocenters. The summed E-state index contributed by atoms with van der Waals surface area (Å²) in [6.07, 6.45) is 0. The molecule has 36 heavy (non-hydrogen) atoms. The number of nitrogens with zero attached hydrogens (tertiary/aromatic N) is 3. The van der Waals surface area contributed by atoms with Crippen molar-refractivity contribution in [1.82, 2.24) is 14.5 Å². The molecule has 0 aliphatic heterocycles. The Balaban J connectivity index is 1.77. The largest absolute Gasteiger partial charge is 0.493 e. The maximum Gasteiger partial charge on any atom is 0.261 e. The molecular weight excluding hydrogens is 458 g/mol. The second-order valence-electron chi connectivity index (χ2n) is 8.18. The number of ether oxygens (including phenoxy) is 3. The van der Waals surface area contributed by atoms with E-state index in [0.717, 1.165) is 5.56 Å². The minimum absolute atomic E-state index is 0.180. The quantitative estimate of drug-likeness (QED) is 0.358. The molecule has 0 spiro atoms. The van der Waals surface area contributed by atoms with Crippen LogP contribution in [0.25, 0.3) is 27.9 Å². The maximum absolute atomic E-state index is 13.5. The number of fused-ring (bicyclic) bond motifs is 2. The summed E-state index contributed by atoms with van der Waals surface area (Å²) >= 11 is 0. The summed E-state index contributed by atoms with van der Waals surface area (Å²) in [5.41, 5.74) is 11.3. The van der Waals surface area contributed by atoms with Crippen LogP contribution in [-0.2, 0) is 0 Å². The van der Waals surface area contributed by atoms with E-state index in [1.54, 1.807) is 16.7 Å². The maximum atomic E-state index is 13.5. The van der Waals surface area contributed by atoms with Gasteiger partial charge in [-0.05, 0) is 31.2 Å². The molecule has 0 saturated heterocycles. The first kappa shape index (κ1) is 23.0. The van der Waals surface area contributed by atoms with Crippen molar-refractivity contribution in [3.05, 3.63) is 71.8 Å². The highest BCUT2D eigenvalue weighted by atomic mass is 16.5. The van der Waals surface area contributed by atoms with Crippen molar-refractivity contribution in [2.24, 2.45) is 0 Å². The lowest BCUT2D eigenvalue weighted by atomic mass is 10.2. The van der Waals surface area contributed by atoms with Gasteiger partial charge in [0, 0.05) is 17.8 Å². The summed E-state index contributed by atoms with van der Waals surface area (Å²) in [4.78, 5) is 23.1. The van der Waals surface area contributed by atoms with Gasteiger partial charge in [0.25, 0.3) is 5.91 Å². The second-order valence-corrected chi connectivity index (χ2v) is 8.18. The van der Waals surface area contributed by atoms with E-state index in [-0.39, 0.29) is 11.4 Å². The number of benzene rings is 3. The van der Waals surface area contributed by atoms with Gasteiger partial charge in [-0.3, -0.25) is 9.36 Å². The molecule has 0 fully saturated rings. The van der Waals surface area contributed by atoms with Crippen LogP contribution < -0.4 is 25.3 Å². The van der Waals surface area contributed by atoms with Gasteiger partial charge in [0.15, 0.2) is 17.1 Å². The van der Waals surface area contributed by atoms with Crippen LogP contribution in [0.2, 0.25) is 0 Å². The van der Waals surface area contributed by atoms with Crippen LogP contribution in [0.1, 0.15) is 15.9 Å². The first-order valence-electron chi connectivity index (χ1n) is 11.2. The number of carbonyl (C=O) groups is 1. The Hall–Kier alpha value is -4.79. The van der Waals surface area contributed by atoms with Crippen LogP contribution in [0.3, 0.4) is 0 Å². The summed E-state index contributed by atoms with van der Waals surface area (Å²) in [5, 5.41) is 2.93. The highest BCUT2D eigenvalue weighted by molar-refractivity contribution is 6.16. The molecule has 0 unspecified atom stereocenters. The van der Waals surface area contributed by atoms with E-state index in [1.807, 2.05) is 55.5 Å². The van der Waals surface area contributed by atoms with E-state index in [1.165, 1.54) is 21.3 Å². The molecule has 3 aromatic carbocycles. The molecule has 0 aliphatic rings.